The second-order valence-corrected chi connectivity index (χ2v) is 4.18. The summed E-state index contributed by atoms with van der Waals surface area (Å²) < 4.78 is 5.34. The highest BCUT2D eigenvalue weighted by atomic mass is 16.5. The number of aliphatic hydroxyl groups excluding tert-OH is 1. The van der Waals surface area contributed by atoms with Crippen molar-refractivity contribution in [1.29, 1.82) is 0 Å². The van der Waals surface area contributed by atoms with Crippen molar-refractivity contribution in [3.8, 4) is 0 Å². The van der Waals surface area contributed by atoms with Crippen LogP contribution < -0.4 is 0 Å². The van der Waals surface area contributed by atoms with Gasteiger partial charge in [0.2, 0.25) is 0 Å². The topological polar surface area (TPSA) is 32.7 Å². The average Bonchev–Trinajstić information content (AvgIpc) is 2.67. The number of hydrogen-bond acceptors (Lipinski definition) is 3. The first kappa shape index (κ1) is 9.44. The van der Waals surface area contributed by atoms with E-state index in [1.807, 2.05) is 0 Å². The van der Waals surface area contributed by atoms with E-state index in [1.54, 1.807) is 0 Å². The molecule has 0 amide bonds. The summed E-state index contributed by atoms with van der Waals surface area (Å²) in [6.45, 7) is 4.48. The third-order valence-corrected chi connectivity index (χ3v) is 3.28. The monoisotopic (exact) mass is 185 g/mol. The molecule has 0 aromatic carbocycles. The van der Waals surface area contributed by atoms with Gasteiger partial charge in [-0.2, -0.15) is 0 Å². The van der Waals surface area contributed by atoms with E-state index >= 15 is 0 Å². The van der Waals surface area contributed by atoms with E-state index in [4.69, 9.17) is 9.84 Å². The van der Waals surface area contributed by atoms with Crippen molar-refractivity contribution in [2.45, 2.75) is 25.3 Å². The van der Waals surface area contributed by atoms with Crippen molar-refractivity contribution in [1.82, 2.24) is 4.90 Å². The molecule has 0 spiro atoms. The quantitative estimate of drug-likeness (QED) is 0.679. The molecular weight excluding hydrogens is 166 g/mol. The molecule has 0 saturated carbocycles. The van der Waals surface area contributed by atoms with Crippen LogP contribution in [0.2, 0.25) is 0 Å². The van der Waals surface area contributed by atoms with Crippen LogP contribution in [0.5, 0.6) is 0 Å². The molecule has 13 heavy (non-hydrogen) atoms. The van der Waals surface area contributed by atoms with E-state index in [0.717, 1.165) is 25.8 Å². The Bertz CT molecular complexity index is 157. The Balaban J connectivity index is 1.80. The molecule has 2 heterocycles. The van der Waals surface area contributed by atoms with Gasteiger partial charge < -0.3 is 9.84 Å². The summed E-state index contributed by atoms with van der Waals surface area (Å²) in [7, 11) is 0. The SMILES string of the molecule is OC[C@H]1CCN(C2CCOCC2)C1. The van der Waals surface area contributed by atoms with Crippen LogP contribution in [0.4, 0.5) is 0 Å². The summed E-state index contributed by atoms with van der Waals surface area (Å²) in [6, 6.07) is 0.727. The predicted molar refractivity (Wildman–Crippen MR) is 50.6 cm³/mol. The molecule has 2 fully saturated rings. The zero-order chi connectivity index (χ0) is 9.10. The first-order valence-corrected chi connectivity index (χ1v) is 5.33. The molecule has 1 atom stereocenters. The summed E-state index contributed by atoms with van der Waals surface area (Å²) in [5, 5.41) is 9.03. The van der Waals surface area contributed by atoms with Crippen molar-refractivity contribution < 1.29 is 9.84 Å². The average molecular weight is 185 g/mol. The van der Waals surface area contributed by atoms with Gasteiger partial charge in [0.05, 0.1) is 0 Å². The van der Waals surface area contributed by atoms with Gasteiger partial charge in [-0.25, -0.2) is 0 Å². The lowest BCUT2D eigenvalue weighted by Crippen LogP contribution is -2.38. The van der Waals surface area contributed by atoms with Gasteiger partial charge in [0.1, 0.15) is 0 Å². The lowest BCUT2D eigenvalue weighted by atomic mass is 10.1. The van der Waals surface area contributed by atoms with Crippen LogP contribution in [0.15, 0.2) is 0 Å². The van der Waals surface area contributed by atoms with Gasteiger partial charge >= 0.3 is 0 Å². The Kier molecular flexibility index (Phi) is 3.19. The Morgan fingerprint density at radius 2 is 2.00 bits per heavy atom. The molecular formula is C10H19NO2. The summed E-state index contributed by atoms with van der Waals surface area (Å²) in [5.74, 6) is 0.530. The van der Waals surface area contributed by atoms with Gasteiger partial charge in [-0.1, -0.05) is 0 Å². The van der Waals surface area contributed by atoms with Crippen LogP contribution in [0.25, 0.3) is 0 Å². The third kappa shape index (κ3) is 2.22. The molecule has 2 aliphatic heterocycles. The van der Waals surface area contributed by atoms with Crippen LogP contribution >= 0.6 is 0 Å². The first-order valence-electron chi connectivity index (χ1n) is 5.33. The highest BCUT2D eigenvalue weighted by Gasteiger charge is 2.28. The van der Waals surface area contributed by atoms with Crippen molar-refractivity contribution in [3.05, 3.63) is 0 Å². The molecule has 0 bridgehead atoms. The van der Waals surface area contributed by atoms with Crippen molar-refractivity contribution >= 4 is 0 Å². The number of rotatable bonds is 2. The van der Waals surface area contributed by atoms with Crippen LogP contribution in [0.1, 0.15) is 19.3 Å². The highest BCUT2D eigenvalue weighted by Crippen LogP contribution is 2.22. The number of ether oxygens (including phenoxy) is 1. The van der Waals surface area contributed by atoms with E-state index in [2.05, 4.69) is 4.90 Å². The highest BCUT2D eigenvalue weighted by molar-refractivity contribution is 4.82. The lowest BCUT2D eigenvalue weighted by molar-refractivity contribution is 0.0402. The first-order chi connectivity index (χ1) is 6.40. The summed E-state index contributed by atoms with van der Waals surface area (Å²) in [6.07, 6.45) is 3.53. The van der Waals surface area contributed by atoms with E-state index < -0.39 is 0 Å². The van der Waals surface area contributed by atoms with Crippen molar-refractivity contribution in [3.63, 3.8) is 0 Å². The molecule has 0 aromatic heterocycles. The minimum Gasteiger partial charge on any atom is -0.396 e. The largest absolute Gasteiger partial charge is 0.396 e. The van der Waals surface area contributed by atoms with E-state index in [9.17, 15) is 0 Å². The van der Waals surface area contributed by atoms with Crippen LogP contribution in [-0.4, -0.2) is 49.0 Å². The summed E-state index contributed by atoms with van der Waals surface area (Å²) >= 11 is 0. The Morgan fingerprint density at radius 3 is 2.62 bits per heavy atom. The van der Waals surface area contributed by atoms with Crippen LogP contribution in [0, 0.1) is 5.92 Å². The third-order valence-electron chi connectivity index (χ3n) is 3.28. The predicted octanol–water partition coefficient (Wildman–Crippen LogP) is 0.480. The minimum absolute atomic E-state index is 0.361. The number of nitrogens with zero attached hydrogens (tertiary/aromatic N) is 1. The van der Waals surface area contributed by atoms with Gasteiger partial charge in [-0.15, -0.1) is 0 Å². The lowest BCUT2D eigenvalue weighted by Gasteiger charge is -2.30. The second-order valence-electron chi connectivity index (χ2n) is 4.18. The van der Waals surface area contributed by atoms with Crippen molar-refractivity contribution in [2.24, 2.45) is 5.92 Å². The molecule has 3 nitrogen and oxygen atoms in total. The number of likely N-dealkylation sites (tertiary alicyclic amines) is 1. The normalized spacial score (nSPS) is 32.5. The van der Waals surface area contributed by atoms with Gasteiger partial charge in [0, 0.05) is 32.4 Å². The van der Waals surface area contributed by atoms with E-state index in [1.165, 1.54) is 25.8 Å². The number of aliphatic hydroxyl groups is 1. The maximum absolute atomic E-state index is 9.03. The van der Waals surface area contributed by atoms with Gasteiger partial charge in [0.25, 0.3) is 0 Å². The molecule has 0 unspecified atom stereocenters. The van der Waals surface area contributed by atoms with Crippen LogP contribution in [-0.2, 0) is 4.74 Å². The standard InChI is InChI=1S/C10H19NO2/c12-8-9-1-4-11(7-9)10-2-5-13-6-3-10/h9-10,12H,1-8H2/t9-/m0/s1. The Labute approximate surface area is 79.7 Å². The second kappa shape index (κ2) is 4.40. The molecule has 2 saturated heterocycles. The fourth-order valence-electron chi connectivity index (χ4n) is 2.39. The summed E-state index contributed by atoms with van der Waals surface area (Å²) in [4.78, 5) is 2.53. The molecule has 0 radical (unpaired) electrons. The Morgan fingerprint density at radius 1 is 1.23 bits per heavy atom. The molecule has 76 valence electrons. The molecule has 0 aliphatic carbocycles. The molecule has 3 heteroatoms. The molecule has 1 N–H and O–H groups in total. The summed E-state index contributed by atoms with van der Waals surface area (Å²) in [5.41, 5.74) is 0. The molecule has 0 aromatic rings. The zero-order valence-electron chi connectivity index (χ0n) is 8.11. The Hall–Kier alpha value is -0.120. The van der Waals surface area contributed by atoms with Gasteiger partial charge in [-0.3, -0.25) is 4.90 Å². The molecule has 2 aliphatic rings. The molecule has 2 rings (SSSR count). The number of hydrogen-bond donors (Lipinski definition) is 1. The van der Waals surface area contributed by atoms with Gasteiger partial charge in [0.15, 0.2) is 0 Å². The smallest absolute Gasteiger partial charge is 0.0480 e. The van der Waals surface area contributed by atoms with Crippen LogP contribution in [0.3, 0.4) is 0 Å². The van der Waals surface area contributed by atoms with Gasteiger partial charge in [-0.05, 0) is 31.7 Å². The maximum atomic E-state index is 9.03. The van der Waals surface area contributed by atoms with Crippen molar-refractivity contribution in [2.75, 3.05) is 32.9 Å². The minimum atomic E-state index is 0.361. The zero-order valence-corrected chi connectivity index (χ0v) is 8.11. The fraction of sp³-hybridized carbons (Fsp3) is 1.00. The van der Waals surface area contributed by atoms with E-state index in [-0.39, 0.29) is 0 Å². The fourth-order valence-corrected chi connectivity index (χ4v) is 2.39. The maximum Gasteiger partial charge on any atom is 0.0480 e. The van der Waals surface area contributed by atoms with E-state index in [0.29, 0.717) is 12.5 Å².